The summed E-state index contributed by atoms with van der Waals surface area (Å²) in [5.74, 6) is -0.285. The van der Waals surface area contributed by atoms with Crippen molar-refractivity contribution in [1.82, 2.24) is 0 Å². The van der Waals surface area contributed by atoms with E-state index in [1.165, 1.54) is 0 Å². The van der Waals surface area contributed by atoms with Crippen molar-refractivity contribution in [2.75, 3.05) is 5.32 Å². The second kappa shape index (κ2) is 5.20. The largest absolute Gasteiger partial charge is 0.319 e. The Hall–Kier alpha value is -1.36. The Labute approximate surface area is 133 Å². The number of anilines is 1. The Kier molecular flexibility index (Phi) is 3.54. The molecule has 1 N–H and O–H groups in total. The van der Waals surface area contributed by atoms with Crippen molar-refractivity contribution in [2.24, 2.45) is 4.99 Å². The smallest absolute Gasteiger partial charge is 0.275 e. The average Bonchev–Trinajstić information content (AvgIpc) is 2.71. The molecule has 2 aromatic carbocycles. The van der Waals surface area contributed by atoms with Crippen LogP contribution in [0.4, 0.5) is 11.4 Å². The van der Waals surface area contributed by atoms with Gasteiger partial charge in [0.25, 0.3) is 5.91 Å². The number of para-hydroxylation sites is 1. The summed E-state index contributed by atoms with van der Waals surface area (Å²) in [5.41, 5.74) is 2.12. The van der Waals surface area contributed by atoms with Gasteiger partial charge in [-0.25, -0.2) is 4.99 Å². The molecule has 3 nitrogen and oxygen atoms in total. The highest BCUT2D eigenvalue weighted by molar-refractivity contribution is 9.10. The number of aliphatic imine (C=N–C) groups is 1. The molecule has 6 heteroatoms. The van der Waals surface area contributed by atoms with Gasteiger partial charge in [0, 0.05) is 10.0 Å². The molecule has 3 rings (SSSR count). The Morgan fingerprint density at radius 1 is 1.10 bits per heavy atom. The second-order valence-corrected chi connectivity index (χ2v) is 5.90. The van der Waals surface area contributed by atoms with E-state index in [4.69, 9.17) is 23.2 Å². The quantitative estimate of drug-likeness (QED) is 0.768. The third kappa shape index (κ3) is 2.35. The first-order valence-electron chi connectivity index (χ1n) is 5.70. The maximum atomic E-state index is 12.0. The molecule has 0 atom stereocenters. The predicted molar refractivity (Wildman–Crippen MR) is 85.4 cm³/mol. The Morgan fingerprint density at radius 3 is 2.65 bits per heavy atom. The predicted octanol–water partition coefficient (Wildman–Crippen LogP) is 4.83. The van der Waals surface area contributed by atoms with Gasteiger partial charge < -0.3 is 5.32 Å². The first kappa shape index (κ1) is 13.6. The molecule has 0 aliphatic carbocycles. The van der Waals surface area contributed by atoms with Gasteiger partial charge in [-0.15, -0.1) is 0 Å². The van der Waals surface area contributed by atoms with Crippen LogP contribution in [0.2, 0.25) is 10.0 Å². The molecule has 1 heterocycles. The fourth-order valence-corrected chi connectivity index (χ4v) is 2.88. The highest BCUT2D eigenvalue weighted by Gasteiger charge is 2.27. The number of fused-ring (bicyclic) bond motifs is 1. The van der Waals surface area contributed by atoms with Crippen LogP contribution in [0.3, 0.4) is 0 Å². The first-order valence-corrected chi connectivity index (χ1v) is 7.25. The van der Waals surface area contributed by atoms with Gasteiger partial charge >= 0.3 is 0 Å². The lowest BCUT2D eigenvalue weighted by molar-refractivity contribution is -0.110. The lowest BCUT2D eigenvalue weighted by Crippen LogP contribution is -2.13. The molecule has 20 heavy (non-hydrogen) atoms. The van der Waals surface area contributed by atoms with Crippen LogP contribution < -0.4 is 5.32 Å². The minimum Gasteiger partial charge on any atom is -0.319 e. The highest BCUT2D eigenvalue weighted by atomic mass is 79.9. The van der Waals surface area contributed by atoms with E-state index < -0.39 is 0 Å². The standard InChI is InChI=1S/C14H7BrCl2N2O/c15-7-4-5-11(10(17)6-7)18-13-8-2-1-3-9(16)12(8)19-14(13)20/h1-6H,(H,18,19,20). The van der Waals surface area contributed by atoms with Gasteiger partial charge in [0.15, 0.2) is 0 Å². The van der Waals surface area contributed by atoms with E-state index in [9.17, 15) is 4.79 Å². The van der Waals surface area contributed by atoms with Crippen LogP contribution in [-0.4, -0.2) is 11.6 Å². The van der Waals surface area contributed by atoms with Gasteiger partial charge in [-0.05, 0) is 24.3 Å². The molecule has 0 radical (unpaired) electrons. The molecule has 0 bridgehead atoms. The number of carbonyl (C=O) groups is 1. The molecular weight excluding hydrogens is 363 g/mol. The van der Waals surface area contributed by atoms with Crippen molar-refractivity contribution in [1.29, 1.82) is 0 Å². The summed E-state index contributed by atoms with van der Waals surface area (Å²) in [5, 5.41) is 3.67. The number of hydrogen-bond acceptors (Lipinski definition) is 2. The SMILES string of the molecule is O=C1Nc2c(Cl)cccc2C1=Nc1ccc(Br)cc1Cl. The van der Waals surface area contributed by atoms with Gasteiger partial charge in [0.1, 0.15) is 5.71 Å². The molecule has 100 valence electrons. The fraction of sp³-hybridized carbons (Fsp3) is 0. The zero-order valence-corrected chi connectivity index (χ0v) is 13.1. The zero-order valence-electron chi connectivity index (χ0n) is 9.95. The van der Waals surface area contributed by atoms with Crippen molar-refractivity contribution >= 4 is 62.1 Å². The number of benzene rings is 2. The molecule has 1 aliphatic rings. The van der Waals surface area contributed by atoms with E-state index in [2.05, 4.69) is 26.2 Å². The van der Waals surface area contributed by atoms with Gasteiger partial charge in [-0.1, -0.05) is 51.3 Å². The van der Waals surface area contributed by atoms with Crippen molar-refractivity contribution in [3.05, 3.63) is 56.5 Å². The Morgan fingerprint density at radius 2 is 1.90 bits per heavy atom. The summed E-state index contributed by atoms with van der Waals surface area (Å²) in [4.78, 5) is 16.4. The summed E-state index contributed by atoms with van der Waals surface area (Å²) in [7, 11) is 0. The number of nitrogens with zero attached hydrogens (tertiary/aromatic N) is 1. The molecule has 0 unspecified atom stereocenters. The van der Waals surface area contributed by atoms with Gasteiger partial charge in [-0.2, -0.15) is 0 Å². The van der Waals surface area contributed by atoms with Crippen LogP contribution >= 0.6 is 39.1 Å². The van der Waals surface area contributed by atoms with E-state index in [1.807, 2.05) is 6.07 Å². The maximum Gasteiger partial charge on any atom is 0.275 e. The number of carbonyl (C=O) groups excluding carboxylic acids is 1. The topological polar surface area (TPSA) is 41.5 Å². The number of amides is 1. The lowest BCUT2D eigenvalue weighted by Gasteiger charge is -2.01. The van der Waals surface area contributed by atoms with Crippen molar-refractivity contribution in [3.63, 3.8) is 0 Å². The highest BCUT2D eigenvalue weighted by Crippen LogP contribution is 2.34. The first-order chi connectivity index (χ1) is 9.56. The van der Waals surface area contributed by atoms with Gasteiger partial charge in [-0.3, -0.25) is 4.79 Å². The fourth-order valence-electron chi connectivity index (χ4n) is 1.95. The van der Waals surface area contributed by atoms with Crippen LogP contribution in [0.15, 0.2) is 45.9 Å². The molecule has 0 fully saturated rings. The monoisotopic (exact) mass is 368 g/mol. The summed E-state index contributed by atoms with van der Waals surface area (Å²) in [6.45, 7) is 0. The van der Waals surface area contributed by atoms with E-state index in [0.29, 0.717) is 32.7 Å². The van der Waals surface area contributed by atoms with E-state index >= 15 is 0 Å². The van der Waals surface area contributed by atoms with E-state index in [0.717, 1.165) is 4.47 Å². The molecule has 0 aromatic heterocycles. The number of nitrogens with one attached hydrogen (secondary N) is 1. The molecule has 2 aromatic rings. The van der Waals surface area contributed by atoms with E-state index in [1.54, 1.807) is 30.3 Å². The van der Waals surface area contributed by atoms with Crippen LogP contribution in [0.25, 0.3) is 0 Å². The number of rotatable bonds is 1. The maximum absolute atomic E-state index is 12.0. The van der Waals surface area contributed by atoms with Crippen LogP contribution in [0, 0.1) is 0 Å². The van der Waals surface area contributed by atoms with Crippen molar-refractivity contribution < 1.29 is 4.79 Å². The van der Waals surface area contributed by atoms with Gasteiger partial charge in [0.2, 0.25) is 0 Å². The summed E-state index contributed by atoms with van der Waals surface area (Å²) >= 11 is 15.5. The zero-order chi connectivity index (χ0) is 14.3. The summed E-state index contributed by atoms with van der Waals surface area (Å²) in [6, 6.07) is 10.6. The van der Waals surface area contributed by atoms with Crippen LogP contribution in [0.1, 0.15) is 5.56 Å². The third-order valence-electron chi connectivity index (χ3n) is 2.86. The van der Waals surface area contributed by atoms with Crippen molar-refractivity contribution in [2.45, 2.75) is 0 Å². The third-order valence-corrected chi connectivity index (χ3v) is 3.98. The average molecular weight is 370 g/mol. The van der Waals surface area contributed by atoms with E-state index in [-0.39, 0.29) is 5.91 Å². The van der Waals surface area contributed by atoms with Crippen LogP contribution in [0.5, 0.6) is 0 Å². The molecule has 0 saturated carbocycles. The minimum atomic E-state index is -0.285. The second-order valence-electron chi connectivity index (χ2n) is 4.17. The lowest BCUT2D eigenvalue weighted by atomic mass is 10.1. The summed E-state index contributed by atoms with van der Waals surface area (Å²) < 4.78 is 0.853. The number of hydrogen-bond donors (Lipinski definition) is 1. The molecule has 0 saturated heterocycles. The Balaban J connectivity index is 2.14. The molecule has 1 aliphatic heterocycles. The normalized spacial score (nSPS) is 15.3. The molecule has 0 spiro atoms. The number of halogens is 3. The summed E-state index contributed by atoms with van der Waals surface area (Å²) in [6.07, 6.45) is 0. The molecular formula is C14H7BrCl2N2O. The Bertz CT molecular complexity index is 759. The minimum absolute atomic E-state index is 0.285. The molecule has 1 amide bonds. The van der Waals surface area contributed by atoms with Gasteiger partial charge in [0.05, 0.1) is 21.4 Å². The van der Waals surface area contributed by atoms with Crippen molar-refractivity contribution in [3.8, 4) is 0 Å². The van der Waals surface area contributed by atoms with Crippen LogP contribution in [-0.2, 0) is 4.79 Å².